The lowest BCUT2D eigenvalue weighted by Crippen LogP contribution is -2.26. The molecular weight excluding hydrogens is 316 g/mol. The van der Waals surface area contributed by atoms with Crippen molar-refractivity contribution in [3.05, 3.63) is 35.4 Å². The summed E-state index contributed by atoms with van der Waals surface area (Å²) in [5.74, 6) is 0.810. The maximum atomic E-state index is 11.3. The molecule has 0 saturated carbocycles. The van der Waals surface area contributed by atoms with E-state index in [1.807, 2.05) is 0 Å². The first-order valence-corrected chi connectivity index (χ1v) is 8.80. The summed E-state index contributed by atoms with van der Waals surface area (Å²) >= 11 is 0. The Kier molecular flexibility index (Phi) is 10.1. The average molecular weight is 351 g/mol. The molecule has 0 aromatic heterocycles. The molecule has 142 valence electrons. The van der Waals surface area contributed by atoms with E-state index in [1.54, 1.807) is 0 Å². The van der Waals surface area contributed by atoms with Crippen molar-refractivity contribution in [3.63, 3.8) is 0 Å². The first-order valence-electron chi connectivity index (χ1n) is 8.80. The van der Waals surface area contributed by atoms with Gasteiger partial charge in [0.25, 0.3) is 5.91 Å². The van der Waals surface area contributed by atoms with E-state index >= 15 is 0 Å². The van der Waals surface area contributed by atoms with Crippen molar-refractivity contribution >= 4 is 11.8 Å². The van der Waals surface area contributed by atoms with Gasteiger partial charge in [0.1, 0.15) is 0 Å². The Morgan fingerprint density at radius 3 is 1.88 bits per heavy atom. The molecule has 0 fully saturated rings. The maximum Gasteiger partial charge on any atom is 0.251 e. The van der Waals surface area contributed by atoms with Crippen LogP contribution in [0.2, 0.25) is 0 Å². The molecule has 0 aliphatic carbocycles. The highest BCUT2D eigenvalue weighted by Gasteiger charge is 2.22. The van der Waals surface area contributed by atoms with Crippen molar-refractivity contribution in [1.82, 2.24) is 5.32 Å². The molecule has 5 nitrogen and oxygen atoms in total. The molecule has 1 aromatic carbocycles. The molecule has 2 amide bonds. The zero-order valence-corrected chi connectivity index (χ0v) is 16.4. The van der Waals surface area contributed by atoms with Gasteiger partial charge in [-0.3, -0.25) is 9.59 Å². The summed E-state index contributed by atoms with van der Waals surface area (Å²) in [4.78, 5) is 22.1. The van der Waals surface area contributed by atoms with Crippen LogP contribution in [-0.2, 0) is 0 Å². The number of aliphatic hydroxyl groups excluding tert-OH is 1. The number of benzene rings is 1. The van der Waals surface area contributed by atoms with E-state index in [9.17, 15) is 9.59 Å². The molecule has 0 spiro atoms. The number of carbonyl (C=O) groups excluding carboxylic acids is 2. The summed E-state index contributed by atoms with van der Waals surface area (Å²) in [5, 5.41) is 11.0. The predicted molar refractivity (Wildman–Crippen MR) is 102 cm³/mol. The molecule has 1 aromatic rings. The van der Waals surface area contributed by atoms with Crippen molar-refractivity contribution in [3.8, 4) is 0 Å². The number of rotatable bonds is 7. The molecule has 0 aliphatic rings. The highest BCUT2D eigenvalue weighted by molar-refractivity contribution is 5.97. The van der Waals surface area contributed by atoms with E-state index in [0.29, 0.717) is 16.5 Å². The predicted octanol–water partition coefficient (Wildman–Crippen LogP) is 3.22. The molecule has 0 unspecified atom stereocenters. The van der Waals surface area contributed by atoms with Crippen LogP contribution in [0.4, 0.5) is 0 Å². The Bertz CT molecular complexity index is 534. The number of aliphatic hydroxyl groups is 1. The summed E-state index contributed by atoms with van der Waals surface area (Å²) in [6.07, 6.45) is 1.34. The summed E-state index contributed by atoms with van der Waals surface area (Å²) in [7, 11) is 0. The summed E-state index contributed by atoms with van der Waals surface area (Å²) in [6, 6.07) is 5.98. The Labute approximate surface area is 152 Å². The van der Waals surface area contributed by atoms with E-state index in [1.165, 1.54) is 30.7 Å². The lowest BCUT2D eigenvalue weighted by atomic mass is 9.75. The minimum atomic E-state index is -0.530. The summed E-state index contributed by atoms with van der Waals surface area (Å²) in [6.45, 7) is 14.0. The Morgan fingerprint density at radius 2 is 1.56 bits per heavy atom. The van der Waals surface area contributed by atoms with Crippen molar-refractivity contribution in [2.24, 2.45) is 23.0 Å². The Morgan fingerprint density at radius 1 is 1.08 bits per heavy atom. The van der Waals surface area contributed by atoms with Gasteiger partial charge < -0.3 is 16.2 Å². The topological polar surface area (TPSA) is 92.4 Å². The van der Waals surface area contributed by atoms with Gasteiger partial charge in [-0.05, 0) is 47.9 Å². The average Bonchev–Trinajstić information content (AvgIpc) is 2.52. The van der Waals surface area contributed by atoms with Crippen molar-refractivity contribution in [2.45, 2.75) is 48.0 Å². The molecule has 0 aliphatic heterocycles. The number of amides is 2. The fraction of sp³-hybridized carbons (Fsp3) is 0.600. The van der Waals surface area contributed by atoms with E-state index in [0.717, 1.165) is 11.8 Å². The van der Waals surface area contributed by atoms with Gasteiger partial charge in [0.2, 0.25) is 5.91 Å². The third-order valence-electron chi connectivity index (χ3n) is 4.33. The quantitative estimate of drug-likeness (QED) is 0.705. The number of hydrogen-bond acceptors (Lipinski definition) is 3. The Balaban J connectivity index is 0.000000504. The van der Waals surface area contributed by atoms with Crippen LogP contribution in [-0.4, -0.2) is 30.1 Å². The van der Waals surface area contributed by atoms with Crippen LogP contribution >= 0.6 is 0 Å². The van der Waals surface area contributed by atoms with E-state index in [2.05, 4.69) is 46.9 Å². The van der Waals surface area contributed by atoms with Crippen LogP contribution in [0, 0.1) is 17.3 Å². The minimum absolute atomic E-state index is 0.106. The third kappa shape index (κ3) is 9.25. The molecule has 0 atom stereocenters. The fourth-order valence-corrected chi connectivity index (χ4v) is 2.35. The number of nitrogens with one attached hydrogen (secondary N) is 1. The molecular formula is C20H34N2O3. The molecule has 0 heterocycles. The van der Waals surface area contributed by atoms with Crippen molar-refractivity contribution < 1.29 is 14.7 Å². The largest absolute Gasteiger partial charge is 0.395 e. The third-order valence-corrected chi connectivity index (χ3v) is 4.33. The van der Waals surface area contributed by atoms with Gasteiger partial charge in [0.15, 0.2) is 0 Å². The van der Waals surface area contributed by atoms with Crippen LogP contribution in [0.15, 0.2) is 24.3 Å². The highest BCUT2D eigenvalue weighted by atomic mass is 16.3. The van der Waals surface area contributed by atoms with Gasteiger partial charge in [-0.2, -0.15) is 0 Å². The molecule has 0 bridgehead atoms. The van der Waals surface area contributed by atoms with Gasteiger partial charge in [-0.25, -0.2) is 0 Å². The smallest absolute Gasteiger partial charge is 0.251 e. The number of carbonyl (C=O) groups is 2. The Hall–Kier alpha value is -1.88. The second-order valence-corrected chi connectivity index (χ2v) is 7.66. The number of nitrogens with two attached hydrogens (primary N) is 1. The molecule has 5 heteroatoms. The first kappa shape index (κ1) is 23.1. The van der Waals surface area contributed by atoms with Crippen LogP contribution in [0.1, 0.15) is 68.7 Å². The standard InChI is InChI=1S/C10H12N2O3.C10H22/c11-9(14)7-1-3-8(4-2-7)10(15)12-5-6-13;1-8(2)7-10(5,6)9(3)4/h1-4,13H,5-6H2,(H2,11,14)(H,12,15);8-9H,7H2,1-6H3. The van der Waals surface area contributed by atoms with E-state index < -0.39 is 5.91 Å². The molecule has 0 radical (unpaired) electrons. The van der Waals surface area contributed by atoms with Crippen LogP contribution < -0.4 is 11.1 Å². The van der Waals surface area contributed by atoms with Gasteiger partial charge in [-0.15, -0.1) is 0 Å². The minimum Gasteiger partial charge on any atom is -0.395 e. The van der Waals surface area contributed by atoms with Gasteiger partial charge in [-0.1, -0.05) is 41.5 Å². The van der Waals surface area contributed by atoms with Crippen LogP contribution in [0.25, 0.3) is 0 Å². The summed E-state index contributed by atoms with van der Waals surface area (Å²) in [5.41, 5.74) is 6.35. The molecule has 1 rings (SSSR count). The van der Waals surface area contributed by atoms with Gasteiger partial charge in [0, 0.05) is 17.7 Å². The van der Waals surface area contributed by atoms with Crippen LogP contribution in [0.3, 0.4) is 0 Å². The SMILES string of the molecule is CC(C)CC(C)(C)C(C)C.NC(=O)c1ccc(C(=O)NCCO)cc1. The molecule has 25 heavy (non-hydrogen) atoms. The van der Waals surface area contributed by atoms with Crippen molar-refractivity contribution in [1.29, 1.82) is 0 Å². The molecule has 0 saturated heterocycles. The normalized spacial score (nSPS) is 11.1. The monoisotopic (exact) mass is 350 g/mol. The van der Waals surface area contributed by atoms with E-state index in [-0.39, 0.29) is 19.1 Å². The number of hydrogen-bond donors (Lipinski definition) is 3. The lowest BCUT2D eigenvalue weighted by molar-refractivity contribution is 0.0942. The fourth-order valence-electron chi connectivity index (χ4n) is 2.35. The first-order chi connectivity index (χ1) is 11.5. The molecule has 4 N–H and O–H groups in total. The zero-order chi connectivity index (χ0) is 19.6. The van der Waals surface area contributed by atoms with E-state index in [4.69, 9.17) is 10.8 Å². The van der Waals surface area contributed by atoms with Gasteiger partial charge >= 0.3 is 0 Å². The zero-order valence-electron chi connectivity index (χ0n) is 16.4. The maximum absolute atomic E-state index is 11.3. The van der Waals surface area contributed by atoms with Crippen LogP contribution in [0.5, 0.6) is 0 Å². The second kappa shape index (κ2) is 10.9. The highest BCUT2D eigenvalue weighted by Crippen LogP contribution is 2.32. The summed E-state index contributed by atoms with van der Waals surface area (Å²) < 4.78 is 0. The second-order valence-electron chi connectivity index (χ2n) is 7.66. The van der Waals surface area contributed by atoms with Crippen molar-refractivity contribution in [2.75, 3.05) is 13.2 Å². The number of primary amides is 1. The lowest BCUT2D eigenvalue weighted by Gasteiger charge is -2.30. The van der Waals surface area contributed by atoms with Gasteiger partial charge in [0.05, 0.1) is 6.61 Å².